The summed E-state index contributed by atoms with van der Waals surface area (Å²) in [4.78, 5) is 2.73. The van der Waals surface area contributed by atoms with Gasteiger partial charge in [0.1, 0.15) is 12.4 Å². The van der Waals surface area contributed by atoms with Crippen LogP contribution in [-0.2, 0) is 16.0 Å². The third-order valence-corrected chi connectivity index (χ3v) is 5.69. The Balaban J connectivity index is 1.53. The summed E-state index contributed by atoms with van der Waals surface area (Å²) in [6, 6.07) is 8.36. The van der Waals surface area contributed by atoms with Gasteiger partial charge in [-0.25, -0.2) is 0 Å². The number of hydrogen-bond acceptors (Lipinski definition) is 5. The second-order valence-electron chi connectivity index (χ2n) is 7.48. The standard InChI is InChI=1S/C21H34N2O3/c1-24-14-15-26-20-7-5-6-19(16-20)17-22-18-21(8-12-25-13-9-21)23-10-3-2-4-11-23/h5-7,16,22H,2-4,8-15,17-18H2,1H3. The summed E-state index contributed by atoms with van der Waals surface area (Å²) >= 11 is 0. The molecule has 2 aliphatic heterocycles. The minimum Gasteiger partial charge on any atom is -0.491 e. The number of piperidine rings is 1. The molecule has 0 saturated carbocycles. The highest BCUT2D eigenvalue weighted by molar-refractivity contribution is 5.28. The molecule has 146 valence electrons. The van der Waals surface area contributed by atoms with Crippen molar-refractivity contribution < 1.29 is 14.2 Å². The average molecular weight is 363 g/mol. The van der Waals surface area contributed by atoms with Crippen LogP contribution in [0.1, 0.15) is 37.7 Å². The molecule has 0 aliphatic carbocycles. The lowest BCUT2D eigenvalue weighted by Crippen LogP contribution is -2.59. The Morgan fingerprint density at radius 3 is 2.69 bits per heavy atom. The van der Waals surface area contributed by atoms with Crippen molar-refractivity contribution >= 4 is 0 Å². The van der Waals surface area contributed by atoms with Crippen molar-refractivity contribution in [1.82, 2.24) is 10.2 Å². The number of benzene rings is 1. The first-order chi connectivity index (χ1) is 12.8. The van der Waals surface area contributed by atoms with E-state index in [1.165, 1.54) is 37.9 Å². The molecule has 0 aromatic heterocycles. The molecule has 0 spiro atoms. The monoisotopic (exact) mass is 362 g/mol. The lowest BCUT2D eigenvalue weighted by molar-refractivity contribution is -0.0358. The van der Waals surface area contributed by atoms with Gasteiger partial charge < -0.3 is 19.5 Å². The molecule has 2 aliphatic rings. The molecule has 0 amide bonds. The maximum Gasteiger partial charge on any atom is 0.119 e. The third-order valence-electron chi connectivity index (χ3n) is 5.69. The van der Waals surface area contributed by atoms with E-state index >= 15 is 0 Å². The van der Waals surface area contributed by atoms with Crippen molar-refractivity contribution in [3.8, 4) is 5.75 Å². The van der Waals surface area contributed by atoms with Gasteiger partial charge in [-0.2, -0.15) is 0 Å². The molecule has 0 unspecified atom stereocenters. The van der Waals surface area contributed by atoms with Crippen LogP contribution in [0.3, 0.4) is 0 Å². The Labute approximate surface area is 158 Å². The van der Waals surface area contributed by atoms with Crippen molar-refractivity contribution in [1.29, 1.82) is 0 Å². The predicted molar refractivity (Wildman–Crippen MR) is 104 cm³/mol. The van der Waals surface area contributed by atoms with Gasteiger partial charge in [0.15, 0.2) is 0 Å². The van der Waals surface area contributed by atoms with Crippen molar-refractivity contribution in [2.24, 2.45) is 0 Å². The van der Waals surface area contributed by atoms with Crippen molar-refractivity contribution in [2.45, 2.75) is 44.2 Å². The fourth-order valence-electron chi connectivity index (χ4n) is 4.15. The Morgan fingerprint density at radius 2 is 1.92 bits per heavy atom. The zero-order chi connectivity index (χ0) is 18.1. The number of hydrogen-bond donors (Lipinski definition) is 1. The molecule has 2 heterocycles. The summed E-state index contributed by atoms with van der Waals surface area (Å²) in [6.45, 7) is 7.37. The van der Waals surface area contributed by atoms with Gasteiger partial charge in [-0.15, -0.1) is 0 Å². The molecule has 0 atom stereocenters. The maximum absolute atomic E-state index is 5.72. The van der Waals surface area contributed by atoms with Crippen molar-refractivity contribution in [3.05, 3.63) is 29.8 Å². The van der Waals surface area contributed by atoms with Gasteiger partial charge in [0, 0.05) is 39.0 Å². The zero-order valence-corrected chi connectivity index (χ0v) is 16.2. The molecule has 0 bridgehead atoms. The Kier molecular flexibility index (Phi) is 7.74. The SMILES string of the molecule is COCCOc1cccc(CNCC2(N3CCCCC3)CCOCC2)c1. The zero-order valence-electron chi connectivity index (χ0n) is 16.2. The fraction of sp³-hybridized carbons (Fsp3) is 0.714. The smallest absolute Gasteiger partial charge is 0.119 e. The topological polar surface area (TPSA) is 43.0 Å². The molecule has 5 nitrogen and oxygen atoms in total. The molecule has 1 N–H and O–H groups in total. The molecule has 26 heavy (non-hydrogen) atoms. The Hall–Kier alpha value is -1.14. The van der Waals surface area contributed by atoms with Gasteiger partial charge >= 0.3 is 0 Å². The Morgan fingerprint density at radius 1 is 1.12 bits per heavy atom. The van der Waals surface area contributed by atoms with Gasteiger partial charge in [-0.1, -0.05) is 18.6 Å². The first-order valence-corrected chi connectivity index (χ1v) is 10.1. The number of rotatable bonds is 9. The minimum atomic E-state index is 0.269. The highest BCUT2D eigenvalue weighted by Crippen LogP contribution is 2.30. The van der Waals surface area contributed by atoms with Crippen LogP contribution < -0.4 is 10.1 Å². The van der Waals surface area contributed by atoms with E-state index in [2.05, 4.69) is 28.4 Å². The van der Waals surface area contributed by atoms with Crippen molar-refractivity contribution in [2.75, 3.05) is 53.2 Å². The lowest BCUT2D eigenvalue weighted by Gasteiger charge is -2.48. The van der Waals surface area contributed by atoms with E-state index in [-0.39, 0.29) is 5.54 Å². The summed E-state index contributed by atoms with van der Waals surface area (Å²) in [5, 5.41) is 3.73. The van der Waals surface area contributed by atoms with Crippen LogP contribution in [0.15, 0.2) is 24.3 Å². The van der Waals surface area contributed by atoms with E-state index < -0.39 is 0 Å². The Bertz CT molecular complexity index is 526. The van der Waals surface area contributed by atoms with Crippen LogP contribution in [0, 0.1) is 0 Å². The lowest BCUT2D eigenvalue weighted by atomic mass is 9.86. The molecule has 5 heteroatoms. The number of nitrogens with zero attached hydrogens (tertiary/aromatic N) is 1. The fourth-order valence-corrected chi connectivity index (χ4v) is 4.15. The van der Waals surface area contributed by atoms with E-state index in [0.717, 1.165) is 44.9 Å². The third kappa shape index (κ3) is 5.43. The van der Waals surface area contributed by atoms with E-state index in [0.29, 0.717) is 13.2 Å². The van der Waals surface area contributed by atoms with Gasteiger partial charge in [0.25, 0.3) is 0 Å². The summed E-state index contributed by atoms with van der Waals surface area (Å²) in [7, 11) is 1.69. The van der Waals surface area contributed by atoms with E-state index in [4.69, 9.17) is 14.2 Å². The second-order valence-corrected chi connectivity index (χ2v) is 7.48. The predicted octanol–water partition coefficient (Wildman–Crippen LogP) is 2.84. The molecule has 1 aromatic carbocycles. The van der Waals surface area contributed by atoms with E-state index in [1.54, 1.807) is 7.11 Å². The number of methoxy groups -OCH3 is 1. The molecule has 2 saturated heterocycles. The number of likely N-dealkylation sites (tertiary alicyclic amines) is 1. The number of nitrogens with one attached hydrogen (secondary N) is 1. The van der Waals surface area contributed by atoms with Gasteiger partial charge in [-0.05, 0) is 56.5 Å². The summed E-state index contributed by atoms with van der Waals surface area (Å²) in [5.41, 5.74) is 1.53. The van der Waals surface area contributed by atoms with Gasteiger partial charge in [0.05, 0.1) is 6.61 Å². The molecule has 1 aromatic rings. The van der Waals surface area contributed by atoms with Crippen LogP contribution in [0.2, 0.25) is 0 Å². The van der Waals surface area contributed by atoms with Gasteiger partial charge in [-0.3, -0.25) is 4.90 Å². The maximum atomic E-state index is 5.72. The van der Waals surface area contributed by atoms with E-state index in [1.807, 2.05) is 6.07 Å². The second kappa shape index (κ2) is 10.3. The van der Waals surface area contributed by atoms with Crippen LogP contribution >= 0.6 is 0 Å². The summed E-state index contributed by atoms with van der Waals surface area (Å²) in [5.74, 6) is 0.915. The molecular formula is C21H34N2O3. The summed E-state index contributed by atoms with van der Waals surface area (Å²) in [6.07, 6.45) is 6.33. The van der Waals surface area contributed by atoms with Crippen LogP contribution in [0.5, 0.6) is 5.75 Å². The van der Waals surface area contributed by atoms with Crippen LogP contribution in [-0.4, -0.2) is 63.6 Å². The van der Waals surface area contributed by atoms with E-state index in [9.17, 15) is 0 Å². The average Bonchev–Trinajstić information content (AvgIpc) is 2.70. The van der Waals surface area contributed by atoms with Gasteiger partial charge in [0.2, 0.25) is 0 Å². The quantitative estimate of drug-likeness (QED) is 0.684. The minimum absolute atomic E-state index is 0.269. The largest absolute Gasteiger partial charge is 0.491 e. The van der Waals surface area contributed by atoms with Crippen molar-refractivity contribution in [3.63, 3.8) is 0 Å². The molecular weight excluding hydrogens is 328 g/mol. The summed E-state index contributed by atoms with van der Waals surface area (Å²) < 4.78 is 16.4. The molecule has 3 rings (SSSR count). The number of ether oxygens (including phenoxy) is 3. The normalized spacial score (nSPS) is 20.8. The molecule has 2 fully saturated rings. The molecule has 0 radical (unpaired) electrons. The first kappa shape index (κ1) is 19.6. The van der Waals surface area contributed by atoms with Crippen LogP contribution in [0.4, 0.5) is 0 Å². The van der Waals surface area contributed by atoms with Crippen LogP contribution in [0.25, 0.3) is 0 Å². The highest BCUT2D eigenvalue weighted by Gasteiger charge is 2.38. The highest BCUT2D eigenvalue weighted by atomic mass is 16.5. The first-order valence-electron chi connectivity index (χ1n) is 10.1.